The molecule has 0 bridgehead atoms. The molecule has 4 heteroatoms. The molecule has 2 N–H and O–H groups in total. The van der Waals surface area contributed by atoms with Gasteiger partial charge in [-0.2, -0.15) is 0 Å². The van der Waals surface area contributed by atoms with Gasteiger partial charge in [-0.3, -0.25) is 0 Å². The number of aryl methyl sites for hydroxylation is 1. The van der Waals surface area contributed by atoms with E-state index in [1.54, 1.807) is 13.8 Å². The van der Waals surface area contributed by atoms with E-state index in [0.717, 1.165) is 16.7 Å². The van der Waals surface area contributed by atoms with E-state index in [2.05, 4.69) is 10.3 Å². The molecule has 4 nitrogen and oxygen atoms in total. The fourth-order valence-electron chi connectivity index (χ4n) is 1.71. The lowest BCUT2D eigenvalue weighted by molar-refractivity contribution is 0.0795. The SMILES string of the molecule is CC.Cc1nc2cc(CNCC(C)(C)O)ccc2o1. The summed E-state index contributed by atoms with van der Waals surface area (Å²) < 4.78 is 5.41. The Hall–Kier alpha value is -1.39. The van der Waals surface area contributed by atoms with Crippen LogP contribution in [0.25, 0.3) is 11.1 Å². The van der Waals surface area contributed by atoms with Crippen LogP contribution in [0.5, 0.6) is 0 Å². The van der Waals surface area contributed by atoms with Crippen molar-refractivity contribution in [3.05, 3.63) is 29.7 Å². The second kappa shape index (κ2) is 6.68. The number of nitrogens with zero attached hydrogens (tertiary/aromatic N) is 1. The van der Waals surface area contributed by atoms with Crippen LogP contribution in [-0.2, 0) is 6.54 Å². The van der Waals surface area contributed by atoms with Gasteiger partial charge in [0.25, 0.3) is 0 Å². The van der Waals surface area contributed by atoms with Crippen LogP contribution in [0.4, 0.5) is 0 Å². The predicted octanol–water partition coefficient (Wildman–Crippen LogP) is 3.02. The van der Waals surface area contributed by atoms with Crippen LogP contribution in [0.1, 0.15) is 39.1 Å². The van der Waals surface area contributed by atoms with Crippen LogP contribution in [0, 0.1) is 6.92 Å². The van der Waals surface area contributed by atoms with Crippen molar-refractivity contribution >= 4 is 11.1 Å². The molecule has 0 amide bonds. The average molecular weight is 264 g/mol. The molecule has 2 aromatic rings. The number of hydrogen-bond donors (Lipinski definition) is 2. The van der Waals surface area contributed by atoms with Crippen LogP contribution in [0.2, 0.25) is 0 Å². The highest BCUT2D eigenvalue weighted by Gasteiger charge is 2.11. The summed E-state index contributed by atoms with van der Waals surface area (Å²) in [6.45, 7) is 10.7. The fraction of sp³-hybridized carbons (Fsp3) is 0.533. The fourth-order valence-corrected chi connectivity index (χ4v) is 1.71. The number of hydrogen-bond acceptors (Lipinski definition) is 4. The number of benzene rings is 1. The molecule has 0 fully saturated rings. The Morgan fingerprint density at radius 1 is 1.32 bits per heavy atom. The minimum Gasteiger partial charge on any atom is -0.441 e. The molecule has 106 valence electrons. The molecule has 1 aromatic carbocycles. The number of aromatic nitrogens is 1. The molecular formula is C15H24N2O2. The molecule has 1 aromatic heterocycles. The van der Waals surface area contributed by atoms with E-state index in [1.165, 1.54) is 0 Å². The molecule has 0 aliphatic carbocycles. The lowest BCUT2D eigenvalue weighted by Gasteiger charge is -2.17. The summed E-state index contributed by atoms with van der Waals surface area (Å²) in [5.74, 6) is 0.682. The van der Waals surface area contributed by atoms with Crippen molar-refractivity contribution in [2.45, 2.75) is 46.8 Å². The third-order valence-electron chi connectivity index (χ3n) is 2.45. The first kappa shape index (κ1) is 15.7. The van der Waals surface area contributed by atoms with E-state index >= 15 is 0 Å². The number of oxazole rings is 1. The normalized spacial score (nSPS) is 11.3. The smallest absolute Gasteiger partial charge is 0.192 e. The van der Waals surface area contributed by atoms with Crippen molar-refractivity contribution in [3.63, 3.8) is 0 Å². The lowest BCUT2D eigenvalue weighted by Crippen LogP contribution is -2.34. The summed E-state index contributed by atoms with van der Waals surface area (Å²) in [4.78, 5) is 4.29. The third-order valence-corrected chi connectivity index (χ3v) is 2.45. The highest BCUT2D eigenvalue weighted by molar-refractivity contribution is 5.73. The molecular weight excluding hydrogens is 240 g/mol. The lowest BCUT2D eigenvalue weighted by atomic mass is 10.1. The first-order valence-electron chi connectivity index (χ1n) is 6.73. The van der Waals surface area contributed by atoms with Gasteiger partial charge in [0.05, 0.1) is 5.60 Å². The van der Waals surface area contributed by atoms with E-state index in [-0.39, 0.29) is 0 Å². The van der Waals surface area contributed by atoms with Gasteiger partial charge in [0.2, 0.25) is 0 Å². The van der Waals surface area contributed by atoms with E-state index in [9.17, 15) is 5.11 Å². The summed E-state index contributed by atoms with van der Waals surface area (Å²) in [6, 6.07) is 5.93. The van der Waals surface area contributed by atoms with Gasteiger partial charge in [0.15, 0.2) is 11.5 Å². The quantitative estimate of drug-likeness (QED) is 0.891. The van der Waals surface area contributed by atoms with Crippen molar-refractivity contribution in [1.82, 2.24) is 10.3 Å². The highest BCUT2D eigenvalue weighted by atomic mass is 16.3. The van der Waals surface area contributed by atoms with Gasteiger partial charge < -0.3 is 14.8 Å². The first-order valence-corrected chi connectivity index (χ1v) is 6.73. The maximum atomic E-state index is 9.58. The molecule has 0 aliphatic heterocycles. The summed E-state index contributed by atoms with van der Waals surface area (Å²) in [5, 5.41) is 12.8. The van der Waals surface area contributed by atoms with E-state index < -0.39 is 5.60 Å². The largest absolute Gasteiger partial charge is 0.441 e. The number of nitrogens with one attached hydrogen (secondary N) is 1. The van der Waals surface area contributed by atoms with Crippen molar-refractivity contribution in [1.29, 1.82) is 0 Å². The Labute approximate surface area is 114 Å². The topological polar surface area (TPSA) is 58.3 Å². The van der Waals surface area contributed by atoms with Crippen LogP contribution in [0.3, 0.4) is 0 Å². The van der Waals surface area contributed by atoms with Crippen LogP contribution < -0.4 is 5.32 Å². The van der Waals surface area contributed by atoms with E-state index in [4.69, 9.17) is 4.42 Å². The Kier molecular flexibility index (Phi) is 5.51. The van der Waals surface area contributed by atoms with Crippen molar-refractivity contribution in [3.8, 4) is 0 Å². The summed E-state index contributed by atoms with van der Waals surface area (Å²) in [5.41, 5.74) is 2.14. The molecule has 0 saturated carbocycles. The van der Waals surface area contributed by atoms with Gasteiger partial charge in [0.1, 0.15) is 5.52 Å². The highest BCUT2D eigenvalue weighted by Crippen LogP contribution is 2.16. The zero-order valence-corrected chi connectivity index (χ0v) is 12.4. The Balaban J connectivity index is 0.000000861. The predicted molar refractivity (Wildman–Crippen MR) is 78.1 cm³/mol. The van der Waals surface area contributed by atoms with E-state index in [1.807, 2.05) is 39.0 Å². The Morgan fingerprint density at radius 3 is 2.63 bits per heavy atom. The van der Waals surface area contributed by atoms with Gasteiger partial charge in [-0.05, 0) is 31.5 Å². The molecule has 0 spiro atoms. The van der Waals surface area contributed by atoms with Gasteiger partial charge in [0, 0.05) is 20.0 Å². The second-order valence-electron chi connectivity index (χ2n) is 4.95. The Bertz CT molecular complexity index is 512. The molecule has 0 unspecified atom stereocenters. The second-order valence-corrected chi connectivity index (χ2v) is 4.95. The molecule has 0 atom stereocenters. The Morgan fingerprint density at radius 2 is 2.00 bits per heavy atom. The first-order chi connectivity index (χ1) is 8.94. The van der Waals surface area contributed by atoms with Gasteiger partial charge in [-0.1, -0.05) is 19.9 Å². The maximum absolute atomic E-state index is 9.58. The molecule has 0 radical (unpaired) electrons. The van der Waals surface area contributed by atoms with Crippen LogP contribution >= 0.6 is 0 Å². The van der Waals surface area contributed by atoms with E-state index in [0.29, 0.717) is 19.0 Å². The van der Waals surface area contributed by atoms with Crippen molar-refractivity contribution in [2.75, 3.05) is 6.54 Å². The van der Waals surface area contributed by atoms with Crippen molar-refractivity contribution in [2.24, 2.45) is 0 Å². The van der Waals surface area contributed by atoms with Crippen LogP contribution in [0.15, 0.2) is 22.6 Å². The van der Waals surface area contributed by atoms with Gasteiger partial charge in [-0.15, -0.1) is 0 Å². The molecule has 1 heterocycles. The zero-order valence-electron chi connectivity index (χ0n) is 12.4. The average Bonchev–Trinajstić information content (AvgIpc) is 2.69. The summed E-state index contributed by atoms with van der Waals surface area (Å²) in [6.07, 6.45) is 0. The monoisotopic (exact) mass is 264 g/mol. The van der Waals surface area contributed by atoms with Crippen molar-refractivity contribution < 1.29 is 9.52 Å². The van der Waals surface area contributed by atoms with Crippen LogP contribution in [-0.4, -0.2) is 22.2 Å². The zero-order chi connectivity index (χ0) is 14.5. The number of rotatable bonds is 4. The summed E-state index contributed by atoms with van der Waals surface area (Å²) in [7, 11) is 0. The third kappa shape index (κ3) is 5.01. The molecule has 2 rings (SSSR count). The molecule has 0 aliphatic rings. The number of fused-ring (bicyclic) bond motifs is 1. The minimum atomic E-state index is -0.686. The molecule has 0 saturated heterocycles. The number of aliphatic hydroxyl groups is 1. The minimum absolute atomic E-state index is 0.558. The summed E-state index contributed by atoms with van der Waals surface area (Å²) >= 11 is 0. The molecule has 19 heavy (non-hydrogen) atoms. The standard InChI is InChI=1S/C13H18N2O2.C2H6/c1-9-15-11-6-10(4-5-12(11)17-9)7-14-8-13(2,3)16;1-2/h4-6,14,16H,7-8H2,1-3H3;1-2H3. The van der Waals surface area contributed by atoms with Gasteiger partial charge in [-0.25, -0.2) is 4.98 Å². The van der Waals surface area contributed by atoms with Gasteiger partial charge >= 0.3 is 0 Å². The maximum Gasteiger partial charge on any atom is 0.192 e.